The highest BCUT2D eigenvalue weighted by molar-refractivity contribution is 7.89. The molecule has 0 spiro atoms. The second-order valence-electron chi connectivity index (χ2n) is 4.92. The Labute approximate surface area is 106 Å². The zero-order chi connectivity index (χ0) is 13.3. The van der Waals surface area contributed by atoms with E-state index >= 15 is 0 Å². The maximum absolute atomic E-state index is 13.0. The lowest BCUT2D eigenvalue weighted by Gasteiger charge is -2.13. The summed E-state index contributed by atoms with van der Waals surface area (Å²) in [6, 6.07) is 3.42. The summed E-state index contributed by atoms with van der Waals surface area (Å²) in [7, 11) is -3.60. The van der Waals surface area contributed by atoms with Gasteiger partial charge in [0.15, 0.2) is 0 Å². The first-order chi connectivity index (χ1) is 8.38. The predicted octanol–water partition coefficient (Wildman–Crippen LogP) is 1.87. The highest BCUT2D eigenvalue weighted by Crippen LogP contribution is 2.26. The fourth-order valence-electron chi connectivity index (χ4n) is 2.29. The van der Waals surface area contributed by atoms with Crippen LogP contribution in [0, 0.1) is 11.7 Å². The van der Waals surface area contributed by atoms with Crippen LogP contribution in [0.15, 0.2) is 23.1 Å². The first-order valence-corrected chi connectivity index (χ1v) is 7.44. The van der Waals surface area contributed by atoms with Gasteiger partial charge in [0.2, 0.25) is 10.0 Å². The molecular weight excluding hydrogens is 255 g/mol. The van der Waals surface area contributed by atoms with Crippen LogP contribution in [-0.4, -0.2) is 14.5 Å². The van der Waals surface area contributed by atoms with Gasteiger partial charge in [-0.15, -0.1) is 0 Å². The fourth-order valence-corrected chi connectivity index (χ4v) is 3.61. The summed E-state index contributed by atoms with van der Waals surface area (Å²) in [6.45, 7) is 2.10. The molecule has 1 saturated carbocycles. The highest BCUT2D eigenvalue weighted by atomic mass is 32.2. The summed E-state index contributed by atoms with van der Waals surface area (Å²) >= 11 is 0. The largest absolute Gasteiger partial charge is 0.396 e. The zero-order valence-electron chi connectivity index (χ0n) is 10.2. The fraction of sp³-hybridized carbons (Fsp3) is 0.500. The first kappa shape index (κ1) is 13.3. The predicted molar refractivity (Wildman–Crippen MR) is 67.9 cm³/mol. The third-order valence-corrected chi connectivity index (χ3v) is 4.81. The average Bonchev–Trinajstić information content (AvgIpc) is 2.67. The molecule has 0 amide bonds. The van der Waals surface area contributed by atoms with Gasteiger partial charge in [-0.2, -0.15) is 0 Å². The first-order valence-electron chi connectivity index (χ1n) is 5.96. The summed E-state index contributed by atoms with van der Waals surface area (Å²) in [4.78, 5) is 0.0148. The normalized spacial score (nSPS) is 24.3. The molecule has 1 aromatic rings. The SMILES string of the molecule is CC1CCC(NS(=O)(=O)c2ccc(F)c(N)c2)C1. The van der Waals surface area contributed by atoms with E-state index < -0.39 is 15.8 Å². The minimum atomic E-state index is -3.60. The Hall–Kier alpha value is -1.14. The molecule has 6 heteroatoms. The summed E-state index contributed by atoms with van der Waals surface area (Å²) < 4.78 is 39.8. The lowest BCUT2D eigenvalue weighted by atomic mass is 10.1. The number of anilines is 1. The van der Waals surface area contributed by atoms with Crippen LogP contribution in [0.1, 0.15) is 26.2 Å². The van der Waals surface area contributed by atoms with Crippen molar-refractivity contribution in [1.29, 1.82) is 0 Å². The van der Waals surface area contributed by atoms with E-state index in [9.17, 15) is 12.8 Å². The molecule has 1 fully saturated rings. The molecule has 100 valence electrons. The molecule has 3 N–H and O–H groups in total. The summed E-state index contributed by atoms with van der Waals surface area (Å²) in [6.07, 6.45) is 2.71. The van der Waals surface area contributed by atoms with E-state index in [1.165, 1.54) is 6.07 Å². The minimum absolute atomic E-state index is 0.0148. The van der Waals surface area contributed by atoms with Crippen molar-refractivity contribution in [2.45, 2.75) is 37.1 Å². The molecule has 2 rings (SSSR count). The van der Waals surface area contributed by atoms with E-state index in [4.69, 9.17) is 5.73 Å². The number of sulfonamides is 1. The molecule has 0 heterocycles. The van der Waals surface area contributed by atoms with Crippen LogP contribution in [0.4, 0.5) is 10.1 Å². The Morgan fingerprint density at radius 1 is 1.39 bits per heavy atom. The molecular formula is C12H17FN2O2S. The lowest BCUT2D eigenvalue weighted by molar-refractivity contribution is 0.538. The third-order valence-electron chi connectivity index (χ3n) is 3.29. The maximum Gasteiger partial charge on any atom is 0.240 e. The Morgan fingerprint density at radius 3 is 2.67 bits per heavy atom. The van der Waals surface area contributed by atoms with E-state index in [1.807, 2.05) is 0 Å². The van der Waals surface area contributed by atoms with Gasteiger partial charge in [0.25, 0.3) is 0 Å². The molecule has 0 aromatic heterocycles. The van der Waals surface area contributed by atoms with E-state index in [1.54, 1.807) is 0 Å². The Kier molecular flexibility index (Phi) is 3.59. The molecule has 0 bridgehead atoms. The molecule has 0 saturated heterocycles. The molecule has 18 heavy (non-hydrogen) atoms. The summed E-state index contributed by atoms with van der Waals surface area (Å²) in [5.41, 5.74) is 5.23. The van der Waals surface area contributed by atoms with Gasteiger partial charge in [-0.3, -0.25) is 0 Å². The van der Waals surface area contributed by atoms with Crippen molar-refractivity contribution in [1.82, 2.24) is 4.72 Å². The Morgan fingerprint density at radius 2 is 2.11 bits per heavy atom. The van der Waals surface area contributed by atoms with Gasteiger partial charge in [-0.1, -0.05) is 6.92 Å². The maximum atomic E-state index is 13.0. The smallest absolute Gasteiger partial charge is 0.240 e. The number of hydrogen-bond acceptors (Lipinski definition) is 3. The number of halogens is 1. The number of nitrogen functional groups attached to an aromatic ring is 1. The number of rotatable bonds is 3. The van der Waals surface area contributed by atoms with Crippen LogP contribution in [-0.2, 0) is 10.0 Å². The van der Waals surface area contributed by atoms with Crippen LogP contribution in [0.5, 0.6) is 0 Å². The van der Waals surface area contributed by atoms with E-state index in [0.29, 0.717) is 5.92 Å². The number of hydrogen-bond donors (Lipinski definition) is 2. The van der Waals surface area contributed by atoms with Gasteiger partial charge in [0.1, 0.15) is 5.82 Å². The van der Waals surface area contributed by atoms with Crippen LogP contribution < -0.4 is 10.5 Å². The van der Waals surface area contributed by atoms with Gasteiger partial charge in [0, 0.05) is 6.04 Å². The number of nitrogens with one attached hydrogen (secondary N) is 1. The van der Waals surface area contributed by atoms with Gasteiger partial charge in [-0.05, 0) is 43.4 Å². The van der Waals surface area contributed by atoms with Crippen molar-refractivity contribution in [3.05, 3.63) is 24.0 Å². The quantitative estimate of drug-likeness (QED) is 0.825. The van der Waals surface area contributed by atoms with Gasteiger partial charge < -0.3 is 5.73 Å². The third kappa shape index (κ3) is 2.81. The second kappa shape index (κ2) is 4.85. The molecule has 2 atom stereocenters. The van der Waals surface area contributed by atoms with Gasteiger partial charge in [-0.25, -0.2) is 17.5 Å². The average molecular weight is 272 g/mol. The topological polar surface area (TPSA) is 72.2 Å². The highest BCUT2D eigenvalue weighted by Gasteiger charge is 2.26. The molecule has 1 aliphatic rings. The standard InChI is InChI=1S/C12H17FN2O2S/c1-8-2-3-9(6-8)15-18(16,17)10-4-5-11(13)12(14)7-10/h4-5,7-9,15H,2-3,6,14H2,1H3. The number of nitrogens with two attached hydrogens (primary N) is 1. The molecule has 2 unspecified atom stereocenters. The summed E-state index contributed by atoms with van der Waals surface area (Å²) in [5, 5.41) is 0. The Bertz CT molecular complexity index is 545. The van der Waals surface area contributed by atoms with Crippen molar-refractivity contribution >= 4 is 15.7 Å². The molecule has 0 radical (unpaired) electrons. The van der Waals surface area contributed by atoms with Crippen molar-refractivity contribution in [3.63, 3.8) is 0 Å². The van der Waals surface area contributed by atoms with Gasteiger partial charge >= 0.3 is 0 Å². The summed E-state index contributed by atoms with van der Waals surface area (Å²) in [5.74, 6) is -0.0700. The van der Waals surface area contributed by atoms with E-state index in [2.05, 4.69) is 11.6 Å². The van der Waals surface area contributed by atoms with E-state index in [-0.39, 0.29) is 16.6 Å². The van der Waals surface area contributed by atoms with E-state index in [0.717, 1.165) is 31.4 Å². The molecule has 0 aliphatic heterocycles. The minimum Gasteiger partial charge on any atom is -0.396 e. The monoisotopic (exact) mass is 272 g/mol. The van der Waals surface area contributed by atoms with Crippen LogP contribution >= 0.6 is 0 Å². The lowest BCUT2D eigenvalue weighted by Crippen LogP contribution is -2.33. The van der Waals surface area contributed by atoms with Gasteiger partial charge in [0.05, 0.1) is 10.6 Å². The van der Waals surface area contributed by atoms with Crippen molar-refractivity contribution in [2.24, 2.45) is 5.92 Å². The van der Waals surface area contributed by atoms with Crippen molar-refractivity contribution in [3.8, 4) is 0 Å². The van der Waals surface area contributed by atoms with Crippen LogP contribution in [0.3, 0.4) is 0 Å². The van der Waals surface area contributed by atoms with Crippen LogP contribution in [0.2, 0.25) is 0 Å². The second-order valence-corrected chi connectivity index (χ2v) is 6.63. The molecule has 4 nitrogen and oxygen atoms in total. The van der Waals surface area contributed by atoms with Crippen molar-refractivity contribution in [2.75, 3.05) is 5.73 Å². The zero-order valence-corrected chi connectivity index (χ0v) is 11.0. The van der Waals surface area contributed by atoms with Crippen LogP contribution in [0.25, 0.3) is 0 Å². The number of benzene rings is 1. The molecule has 1 aliphatic carbocycles. The Balaban J connectivity index is 2.17. The van der Waals surface area contributed by atoms with Crippen molar-refractivity contribution < 1.29 is 12.8 Å². The molecule has 1 aromatic carbocycles.